The zero-order valence-corrected chi connectivity index (χ0v) is 15.5. The van der Waals surface area contributed by atoms with Gasteiger partial charge in [-0.1, -0.05) is 28.1 Å². The van der Waals surface area contributed by atoms with Crippen LogP contribution in [0.1, 0.15) is 29.7 Å². The van der Waals surface area contributed by atoms with Crippen molar-refractivity contribution in [2.24, 2.45) is 0 Å². The van der Waals surface area contributed by atoms with E-state index in [9.17, 15) is 0 Å². The Kier molecular flexibility index (Phi) is 6.24. The Morgan fingerprint density at radius 1 is 1.05 bits per heavy atom. The summed E-state index contributed by atoms with van der Waals surface area (Å²) in [5.41, 5.74) is 3.55. The molecule has 21 heavy (non-hydrogen) atoms. The van der Waals surface area contributed by atoms with Gasteiger partial charge in [0.2, 0.25) is 5.88 Å². The molecule has 0 unspecified atom stereocenters. The molecule has 0 amide bonds. The van der Waals surface area contributed by atoms with Gasteiger partial charge in [0.1, 0.15) is 0 Å². The molecule has 0 saturated heterocycles. The zero-order chi connectivity index (χ0) is 15.2. The molecule has 2 aromatic rings. The van der Waals surface area contributed by atoms with Gasteiger partial charge in [0.05, 0.1) is 11.1 Å². The van der Waals surface area contributed by atoms with Crippen molar-refractivity contribution in [1.29, 1.82) is 0 Å². The Hall–Kier alpha value is -0.870. The third kappa shape index (κ3) is 5.11. The summed E-state index contributed by atoms with van der Waals surface area (Å²) in [5.74, 6) is 0.696. The Morgan fingerprint density at radius 3 is 2.48 bits per heavy atom. The highest BCUT2D eigenvalue weighted by atomic mass is 79.9. The molecule has 0 N–H and O–H groups in total. The summed E-state index contributed by atoms with van der Waals surface area (Å²) < 4.78 is 7.82. The van der Waals surface area contributed by atoms with Gasteiger partial charge in [0, 0.05) is 10.2 Å². The fraction of sp³-hybridized carbons (Fsp3) is 0.353. The molecular weight excluding hydrogens is 394 g/mol. The quantitative estimate of drug-likeness (QED) is 0.574. The Balaban J connectivity index is 1.75. The molecule has 1 aromatic carbocycles. The van der Waals surface area contributed by atoms with E-state index in [-0.39, 0.29) is 0 Å². The maximum Gasteiger partial charge on any atom is 0.228 e. The van der Waals surface area contributed by atoms with Crippen molar-refractivity contribution in [3.8, 4) is 5.88 Å². The van der Waals surface area contributed by atoms with E-state index in [0.717, 1.165) is 33.9 Å². The van der Waals surface area contributed by atoms with E-state index in [1.807, 2.05) is 6.92 Å². The molecule has 0 radical (unpaired) electrons. The van der Waals surface area contributed by atoms with Crippen LogP contribution < -0.4 is 4.74 Å². The third-order valence-electron chi connectivity index (χ3n) is 3.40. The van der Waals surface area contributed by atoms with E-state index >= 15 is 0 Å². The fourth-order valence-electron chi connectivity index (χ4n) is 2.00. The number of rotatable bonds is 6. The molecule has 0 saturated carbocycles. The van der Waals surface area contributed by atoms with Gasteiger partial charge < -0.3 is 4.74 Å². The maximum absolute atomic E-state index is 5.76. The molecule has 4 heteroatoms. The minimum atomic E-state index is 0.696. The predicted molar refractivity (Wildman–Crippen MR) is 94.0 cm³/mol. The van der Waals surface area contributed by atoms with Crippen LogP contribution in [-0.2, 0) is 6.42 Å². The molecular formula is C17H19Br2NO. The number of aromatic nitrogens is 1. The van der Waals surface area contributed by atoms with Crippen molar-refractivity contribution in [1.82, 2.24) is 4.98 Å². The number of aryl methyl sites for hydroxylation is 3. The first-order chi connectivity index (χ1) is 10.1. The molecule has 0 bridgehead atoms. The maximum atomic E-state index is 5.76. The third-order valence-corrected chi connectivity index (χ3v) is 4.50. The number of hydrogen-bond donors (Lipinski definition) is 0. The summed E-state index contributed by atoms with van der Waals surface area (Å²) in [4.78, 5) is 4.46. The van der Waals surface area contributed by atoms with E-state index < -0.39 is 0 Å². The zero-order valence-electron chi connectivity index (χ0n) is 12.3. The number of unbranched alkanes of at least 4 members (excludes halogenated alkanes) is 1. The highest BCUT2D eigenvalue weighted by molar-refractivity contribution is 9.10. The van der Waals surface area contributed by atoms with Crippen molar-refractivity contribution < 1.29 is 4.74 Å². The fourth-order valence-corrected chi connectivity index (χ4v) is 2.81. The molecule has 0 fully saturated rings. The molecule has 112 valence electrons. The van der Waals surface area contributed by atoms with Crippen LogP contribution >= 0.6 is 31.9 Å². The number of nitrogens with zero attached hydrogens (tertiary/aromatic N) is 1. The number of hydrogen-bond acceptors (Lipinski definition) is 2. The van der Waals surface area contributed by atoms with Crippen LogP contribution in [0.15, 0.2) is 39.3 Å². The van der Waals surface area contributed by atoms with Gasteiger partial charge >= 0.3 is 0 Å². The number of pyridine rings is 1. The summed E-state index contributed by atoms with van der Waals surface area (Å²) >= 11 is 6.95. The van der Waals surface area contributed by atoms with Crippen molar-refractivity contribution in [3.05, 3.63) is 56.1 Å². The molecule has 1 aromatic heterocycles. The predicted octanol–water partition coefficient (Wildman–Crippen LogP) is 5.63. The first kappa shape index (κ1) is 16.5. The van der Waals surface area contributed by atoms with E-state index in [1.165, 1.54) is 11.1 Å². The second kappa shape index (κ2) is 7.95. The monoisotopic (exact) mass is 411 g/mol. The van der Waals surface area contributed by atoms with Gasteiger partial charge in [-0.3, -0.25) is 0 Å². The van der Waals surface area contributed by atoms with Crippen LogP contribution in [0.3, 0.4) is 0 Å². The summed E-state index contributed by atoms with van der Waals surface area (Å²) in [6, 6.07) is 10.5. The summed E-state index contributed by atoms with van der Waals surface area (Å²) in [6.45, 7) is 4.75. The van der Waals surface area contributed by atoms with E-state index in [0.29, 0.717) is 12.5 Å². The smallest absolute Gasteiger partial charge is 0.228 e. The van der Waals surface area contributed by atoms with Gasteiger partial charge in [-0.15, -0.1) is 0 Å². The van der Waals surface area contributed by atoms with Gasteiger partial charge in [-0.25, -0.2) is 4.98 Å². The van der Waals surface area contributed by atoms with Crippen LogP contribution in [0.5, 0.6) is 5.88 Å². The number of ether oxygens (including phenoxy) is 1. The van der Waals surface area contributed by atoms with Crippen molar-refractivity contribution >= 4 is 31.9 Å². The highest BCUT2D eigenvalue weighted by Gasteiger charge is 2.05. The standard InChI is InChI=1S/C17H19Br2NO/c1-12-11-16(19)17(20-13(12)2)21-10-4-3-5-14-6-8-15(18)9-7-14/h6-9,11H,3-5,10H2,1-2H3. The number of halogens is 2. The molecule has 2 rings (SSSR count). The molecule has 0 aliphatic heterocycles. The first-order valence-corrected chi connectivity index (χ1v) is 8.66. The second-order valence-corrected chi connectivity index (χ2v) is 6.88. The average molecular weight is 413 g/mol. The van der Waals surface area contributed by atoms with Gasteiger partial charge in [-0.05, 0) is 78.4 Å². The summed E-state index contributed by atoms with van der Waals surface area (Å²) in [6.07, 6.45) is 3.22. The van der Waals surface area contributed by atoms with Gasteiger partial charge in [0.15, 0.2) is 0 Å². The molecule has 0 aliphatic carbocycles. The molecule has 1 heterocycles. The van der Waals surface area contributed by atoms with Gasteiger partial charge in [-0.2, -0.15) is 0 Å². The average Bonchev–Trinajstić information content (AvgIpc) is 2.46. The van der Waals surface area contributed by atoms with Crippen molar-refractivity contribution in [2.75, 3.05) is 6.61 Å². The Bertz CT molecular complexity index is 596. The minimum absolute atomic E-state index is 0.696. The van der Waals surface area contributed by atoms with Crippen LogP contribution in [-0.4, -0.2) is 11.6 Å². The van der Waals surface area contributed by atoms with Gasteiger partial charge in [0.25, 0.3) is 0 Å². The lowest BCUT2D eigenvalue weighted by molar-refractivity contribution is 0.293. The van der Waals surface area contributed by atoms with Crippen LogP contribution in [0.4, 0.5) is 0 Å². The largest absolute Gasteiger partial charge is 0.477 e. The molecule has 2 nitrogen and oxygen atoms in total. The van der Waals surface area contributed by atoms with E-state index in [2.05, 4.69) is 74.1 Å². The highest BCUT2D eigenvalue weighted by Crippen LogP contribution is 2.25. The van der Waals surface area contributed by atoms with Crippen molar-refractivity contribution in [2.45, 2.75) is 33.1 Å². The van der Waals surface area contributed by atoms with Crippen molar-refractivity contribution in [3.63, 3.8) is 0 Å². The topological polar surface area (TPSA) is 22.1 Å². The first-order valence-electron chi connectivity index (χ1n) is 7.07. The van der Waals surface area contributed by atoms with E-state index in [4.69, 9.17) is 4.74 Å². The van der Waals surface area contributed by atoms with Crippen LogP contribution in [0.2, 0.25) is 0 Å². The normalized spacial score (nSPS) is 10.7. The lowest BCUT2D eigenvalue weighted by Gasteiger charge is -2.09. The SMILES string of the molecule is Cc1cc(Br)c(OCCCCc2ccc(Br)cc2)nc1C. The lowest BCUT2D eigenvalue weighted by Crippen LogP contribution is -2.02. The van der Waals surface area contributed by atoms with E-state index in [1.54, 1.807) is 0 Å². The Labute approximate surface area is 143 Å². The molecule has 0 spiro atoms. The molecule has 0 atom stereocenters. The summed E-state index contributed by atoms with van der Waals surface area (Å²) in [7, 11) is 0. The Morgan fingerprint density at radius 2 is 1.76 bits per heavy atom. The second-order valence-electron chi connectivity index (χ2n) is 5.11. The summed E-state index contributed by atoms with van der Waals surface area (Å²) in [5, 5.41) is 0. The lowest BCUT2D eigenvalue weighted by atomic mass is 10.1. The number of benzene rings is 1. The van der Waals surface area contributed by atoms with Crippen LogP contribution in [0.25, 0.3) is 0 Å². The van der Waals surface area contributed by atoms with Crippen LogP contribution in [0, 0.1) is 13.8 Å². The molecule has 0 aliphatic rings. The minimum Gasteiger partial charge on any atom is -0.477 e.